The molecule has 1 spiro atoms. The second kappa shape index (κ2) is 14.3. The molecule has 3 heteroatoms. The first-order valence-corrected chi connectivity index (χ1v) is 22.1. The van der Waals surface area contributed by atoms with E-state index in [-0.39, 0.29) is 0 Å². The van der Waals surface area contributed by atoms with Crippen molar-refractivity contribution in [3.8, 4) is 27.9 Å². The zero-order valence-corrected chi connectivity index (χ0v) is 35.0. The number of aromatic nitrogens is 1. The summed E-state index contributed by atoms with van der Waals surface area (Å²) in [6.45, 7) is 0. The molecule has 10 aromatic carbocycles. The second-order valence-corrected chi connectivity index (χ2v) is 16.8. The van der Waals surface area contributed by atoms with E-state index in [0.29, 0.717) is 0 Å². The minimum atomic E-state index is -0.561. The van der Waals surface area contributed by atoms with Gasteiger partial charge in [-0.15, -0.1) is 0 Å². The van der Waals surface area contributed by atoms with E-state index in [2.05, 4.69) is 263 Å². The average Bonchev–Trinajstić information content (AvgIpc) is 3.97. The molecule has 11 aromatic rings. The van der Waals surface area contributed by atoms with Gasteiger partial charge >= 0.3 is 0 Å². The molecular formula is C61H41N3. The van der Waals surface area contributed by atoms with E-state index in [1.165, 1.54) is 66.3 Å². The highest BCUT2D eigenvalue weighted by Gasteiger charge is 2.52. The fourth-order valence-electron chi connectivity index (χ4n) is 11.0. The van der Waals surface area contributed by atoms with Crippen LogP contribution in [-0.4, -0.2) is 4.57 Å². The Bertz CT molecular complexity index is 3520. The van der Waals surface area contributed by atoms with E-state index in [0.717, 1.165) is 39.8 Å². The van der Waals surface area contributed by atoms with E-state index in [4.69, 9.17) is 0 Å². The third-order valence-corrected chi connectivity index (χ3v) is 13.5. The molecule has 1 atom stereocenters. The molecule has 0 radical (unpaired) electrons. The monoisotopic (exact) mass is 815 g/mol. The van der Waals surface area contributed by atoms with Gasteiger partial charge in [0.05, 0.1) is 22.1 Å². The van der Waals surface area contributed by atoms with E-state index in [9.17, 15) is 0 Å². The van der Waals surface area contributed by atoms with Crippen molar-refractivity contribution in [2.45, 2.75) is 5.41 Å². The topological polar surface area (TPSA) is 11.4 Å². The van der Waals surface area contributed by atoms with Crippen LogP contribution in [0.15, 0.2) is 249 Å². The summed E-state index contributed by atoms with van der Waals surface area (Å²) < 4.78 is 2.41. The van der Waals surface area contributed by atoms with Crippen molar-refractivity contribution in [2.75, 3.05) is 9.80 Å². The van der Waals surface area contributed by atoms with Gasteiger partial charge in [-0.25, -0.2) is 0 Å². The van der Waals surface area contributed by atoms with Crippen LogP contribution >= 0.6 is 0 Å². The Morgan fingerprint density at radius 1 is 0.297 bits per heavy atom. The normalized spacial score (nSPS) is 14.3. The Labute approximate surface area is 373 Å². The Morgan fingerprint density at radius 2 is 0.797 bits per heavy atom. The third kappa shape index (κ3) is 5.22. The number of rotatable bonds is 7. The van der Waals surface area contributed by atoms with Gasteiger partial charge in [-0.1, -0.05) is 164 Å². The highest BCUT2D eigenvalue weighted by atomic mass is 15.2. The molecule has 64 heavy (non-hydrogen) atoms. The van der Waals surface area contributed by atoms with E-state index < -0.39 is 5.41 Å². The quantitative estimate of drug-likeness (QED) is 0.159. The lowest BCUT2D eigenvalue weighted by Crippen LogP contribution is -2.26. The largest absolute Gasteiger partial charge is 0.310 e. The fraction of sp³-hybridized carbons (Fsp3) is 0.0164. The minimum Gasteiger partial charge on any atom is -0.310 e. The second-order valence-electron chi connectivity index (χ2n) is 16.8. The van der Waals surface area contributed by atoms with Crippen LogP contribution in [0.5, 0.6) is 0 Å². The summed E-state index contributed by atoms with van der Waals surface area (Å²) in [6, 6.07) is 91.2. The van der Waals surface area contributed by atoms with Crippen LogP contribution in [0.25, 0.3) is 49.7 Å². The Balaban J connectivity index is 1.08. The highest BCUT2D eigenvalue weighted by molar-refractivity contribution is 6.11. The molecule has 0 N–H and O–H groups in total. The molecule has 1 unspecified atom stereocenters. The first-order valence-electron chi connectivity index (χ1n) is 22.1. The predicted molar refractivity (Wildman–Crippen MR) is 266 cm³/mol. The van der Waals surface area contributed by atoms with E-state index in [1.54, 1.807) is 0 Å². The van der Waals surface area contributed by atoms with Crippen LogP contribution in [0.3, 0.4) is 0 Å². The maximum absolute atomic E-state index is 2.48. The van der Waals surface area contributed by atoms with Gasteiger partial charge in [-0.05, 0) is 124 Å². The van der Waals surface area contributed by atoms with Gasteiger partial charge in [-0.3, -0.25) is 0 Å². The van der Waals surface area contributed by atoms with Gasteiger partial charge in [0.15, 0.2) is 0 Å². The number of fused-ring (bicyclic) bond motifs is 13. The van der Waals surface area contributed by atoms with Crippen molar-refractivity contribution in [2.24, 2.45) is 0 Å². The first-order chi connectivity index (χ1) is 31.8. The van der Waals surface area contributed by atoms with Crippen LogP contribution in [0.2, 0.25) is 0 Å². The van der Waals surface area contributed by atoms with Crippen LogP contribution in [-0.2, 0) is 5.41 Å². The van der Waals surface area contributed by atoms with Crippen molar-refractivity contribution in [3.63, 3.8) is 0 Å². The Hall–Kier alpha value is -8.40. The van der Waals surface area contributed by atoms with Crippen molar-refractivity contribution >= 4 is 55.9 Å². The lowest BCUT2D eigenvalue weighted by atomic mass is 9.70. The number of nitrogens with zero attached hydrogens (tertiary/aromatic N) is 3. The Kier molecular flexibility index (Phi) is 8.13. The number of hydrogen-bond donors (Lipinski definition) is 0. The molecule has 0 amide bonds. The maximum Gasteiger partial charge on any atom is 0.0727 e. The number of anilines is 6. The summed E-state index contributed by atoms with van der Waals surface area (Å²) in [5.41, 5.74) is 19.9. The van der Waals surface area contributed by atoms with E-state index in [1.807, 2.05) is 0 Å². The highest BCUT2D eigenvalue weighted by Crippen LogP contribution is 2.65. The molecule has 300 valence electrons. The molecule has 13 rings (SSSR count). The first kappa shape index (κ1) is 36.3. The zero-order valence-electron chi connectivity index (χ0n) is 35.0. The Morgan fingerprint density at radius 3 is 1.50 bits per heavy atom. The van der Waals surface area contributed by atoms with Crippen LogP contribution in [0.4, 0.5) is 34.1 Å². The van der Waals surface area contributed by atoms with Crippen molar-refractivity contribution < 1.29 is 0 Å². The number of benzene rings is 10. The van der Waals surface area contributed by atoms with Crippen molar-refractivity contribution in [1.82, 2.24) is 4.57 Å². The molecule has 1 heterocycles. The van der Waals surface area contributed by atoms with Crippen LogP contribution in [0.1, 0.15) is 22.3 Å². The summed E-state index contributed by atoms with van der Waals surface area (Å²) in [5, 5.41) is 2.47. The summed E-state index contributed by atoms with van der Waals surface area (Å²) >= 11 is 0. The molecule has 0 aliphatic heterocycles. The predicted octanol–water partition coefficient (Wildman–Crippen LogP) is 16.1. The molecule has 0 saturated heterocycles. The number of hydrogen-bond acceptors (Lipinski definition) is 2. The maximum atomic E-state index is 2.48. The van der Waals surface area contributed by atoms with Crippen molar-refractivity contribution in [3.05, 3.63) is 271 Å². The van der Waals surface area contributed by atoms with Crippen LogP contribution in [0, 0.1) is 0 Å². The molecular weight excluding hydrogens is 775 g/mol. The van der Waals surface area contributed by atoms with Gasteiger partial charge in [0.25, 0.3) is 0 Å². The summed E-state index contributed by atoms with van der Waals surface area (Å²) in [7, 11) is 0. The van der Waals surface area contributed by atoms with Gasteiger partial charge in [0.2, 0.25) is 0 Å². The van der Waals surface area contributed by atoms with Crippen LogP contribution < -0.4 is 9.80 Å². The summed E-state index contributed by atoms with van der Waals surface area (Å²) in [4.78, 5) is 4.86. The molecule has 0 saturated carbocycles. The standard InChI is InChI=1S/C61H41N3/c1-5-20-42(21-6-1)62(43-22-7-2-8-23-43)46-36-38-49-48-28-13-16-31-53(48)61(56(49)40-46)54-32-17-14-30-52(54)60-55(61)33-19-35-58(60)63(44-24-9-3-10-25-44)47-37-39-51-50-29-15-18-34-57(50)64(59(51)41-47)45-26-11-4-12-27-45/h1-41H. The summed E-state index contributed by atoms with van der Waals surface area (Å²) in [5.74, 6) is 0. The number of para-hydroxylation sites is 5. The van der Waals surface area contributed by atoms with Gasteiger partial charge < -0.3 is 14.4 Å². The molecule has 0 fully saturated rings. The van der Waals surface area contributed by atoms with Gasteiger partial charge in [-0.2, -0.15) is 0 Å². The van der Waals surface area contributed by atoms with Gasteiger partial charge in [0.1, 0.15) is 0 Å². The zero-order chi connectivity index (χ0) is 42.2. The molecule has 2 aliphatic rings. The molecule has 2 aliphatic carbocycles. The molecule has 3 nitrogen and oxygen atoms in total. The van der Waals surface area contributed by atoms with Gasteiger partial charge in [0, 0.05) is 50.5 Å². The molecule has 1 aromatic heterocycles. The van der Waals surface area contributed by atoms with E-state index >= 15 is 0 Å². The molecule has 0 bridgehead atoms. The smallest absolute Gasteiger partial charge is 0.0727 e. The SMILES string of the molecule is c1ccc(N(c2ccccc2)c2ccc3c(c2)C2(c4ccccc4-3)c3ccccc3-c3c(N(c4ccccc4)c4ccc5c6ccccc6n(-c6ccccc6)c5c4)cccc32)cc1. The summed E-state index contributed by atoms with van der Waals surface area (Å²) in [6.07, 6.45) is 0. The lowest BCUT2D eigenvalue weighted by Gasteiger charge is -2.33. The van der Waals surface area contributed by atoms with Crippen molar-refractivity contribution in [1.29, 1.82) is 0 Å². The third-order valence-electron chi connectivity index (χ3n) is 13.5. The minimum absolute atomic E-state index is 0.561. The fourth-order valence-corrected chi connectivity index (χ4v) is 11.0. The lowest BCUT2D eigenvalue weighted by molar-refractivity contribution is 0.793. The average molecular weight is 816 g/mol.